The summed E-state index contributed by atoms with van der Waals surface area (Å²) in [4.78, 5) is 21.4. The maximum atomic E-state index is 11.2. The van der Waals surface area contributed by atoms with Crippen LogP contribution in [0.1, 0.15) is 32.6 Å². The van der Waals surface area contributed by atoms with Crippen LogP contribution in [0.3, 0.4) is 0 Å². The summed E-state index contributed by atoms with van der Waals surface area (Å²) in [6.45, 7) is 4.13. The van der Waals surface area contributed by atoms with E-state index >= 15 is 0 Å². The average molecular weight is 246 g/mol. The third-order valence-corrected chi connectivity index (χ3v) is 2.09. The molecule has 2 amide bonds. The first-order chi connectivity index (χ1) is 8.16. The molecule has 0 saturated carbocycles. The number of carboxylic acids is 1. The van der Waals surface area contributed by atoms with Gasteiger partial charge in [-0.05, 0) is 19.8 Å². The van der Waals surface area contributed by atoms with E-state index in [-0.39, 0.29) is 12.5 Å². The number of aliphatic carboxylic acids is 1. The Morgan fingerprint density at radius 2 is 1.82 bits per heavy atom. The number of carbonyl (C=O) groups is 2. The number of ether oxygens (including phenoxy) is 1. The Hall–Kier alpha value is -1.30. The number of unbranched alkanes of at least 4 members (excludes halogenated alkanes) is 2. The third kappa shape index (κ3) is 12.6. The summed E-state index contributed by atoms with van der Waals surface area (Å²) in [7, 11) is 0. The van der Waals surface area contributed by atoms with Gasteiger partial charge in [0.15, 0.2) is 0 Å². The van der Waals surface area contributed by atoms with Crippen LogP contribution in [0.2, 0.25) is 0 Å². The van der Waals surface area contributed by atoms with Gasteiger partial charge in [-0.2, -0.15) is 0 Å². The van der Waals surface area contributed by atoms with Gasteiger partial charge in [0, 0.05) is 26.1 Å². The third-order valence-electron chi connectivity index (χ3n) is 2.09. The summed E-state index contributed by atoms with van der Waals surface area (Å²) in [5.74, 6) is -0.772. The van der Waals surface area contributed by atoms with E-state index in [1.165, 1.54) is 0 Å². The molecule has 0 aliphatic carbocycles. The number of carbonyl (C=O) groups excluding carboxylic acids is 1. The van der Waals surface area contributed by atoms with Crippen LogP contribution >= 0.6 is 0 Å². The van der Waals surface area contributed by atoms with E-state index in [4.69, 9.17) is 9.84 Å². The fraction of sp³-hybridized carbons (Fsp3) is 0.818. The first kappa shape index (κ1) is 15.7. The van der Waals surface area contributed by atoms with Crippen LogP contribution in [0, 0.1) is 0 Å². The lowest BCUT2D eigenvalue weighted by Crippen LogP contribution is -2.37. The van der Waals surface area contributed by atoms with Crippen LogP contribution in [-0.4, -0.2) is 43.4 Å². The minimum Gasteiger partial charge on any atom is -0.481 e. The van der Waals surface area contributed by atoms with Crippen molar-refractivity contribution in [2.75, 3.05) is 26.3 Å². The minimum atomic E-state index is -0.772. The second-order valence-electron chi connectivity index (χ2n) is 3.58. The Morgan fingerprint density at radius 1 is 1.12 bits per heavy atom. The molecule has 3 N–H and O–H groups in total. The van der Waals surface area contributed by atoms with Gasteiger partial charge < -0.3 is 20.5 Å². The first-order valence-electron chi connectivity index (χ1n) is 5.98. The van der Waals surface area contributed by atoms with Gasteiger partial charge in [0.25, 0.3) is 0 Å². The molecule has 0 aromatic heterocycles. The Labute approximate surface area is 102 Å². The highest BCUT2D eigenvalue weighted by molar-refractivity contribution is 5.73. The second-order valence-corrected chi connectivity index (χ2v) is 3.58. The number of amides is 2. The van der Waals surface area contributed by atoms with Crippen LogP contribution in [0.25, 0.3) is 0 Å². The van der Waals surface area contributed by atoms with E-state index < -0.39 is 5.97 Å². The molecule has 6 heteroatoms. The Kier molecular flexibility index (Phi) is 10.3. The van der Waals surface area contributed by atoms with Gasteiger partial charge in [0.1, 0.15) is 0 Å². The summed E-state index contributed by atoms with van der Waals surface area (Å²) >= 11 is 0. The van der Waals surface area contributed by atoms with Crippen molar-refractivity contribution in [2.45, 2.75) is 32.6 Å². The van der Waals surface area contributed by atoms with Crippen molar-refractivity contribution < 1.29 is 19.4 Å². The lowest BCUT2D eigenvalue weighted by Gasteiger charge is -2.07. The molecular weight excluding hydrogens is 224 g/mol. The largest absolute Gasteiger partial charge is 0.481 e. The molecule has 0 spiro atoms. The van der Waals surface area contributed by atoms with E-state index in [0.29, 0.717) is 32.7 Å². The average Bonchev–Trinajstić information content (AvgIpc) is 2.29. The van der Waals surface area contributed by atoms with Crippen molar-refractivity contribution in [2.24, 2.45) is 0 Å². The SMILES string of the molecule is CCOCCNC(=O)NCCCCCC(=O)O. The van der Waals surface area contributed by atoms with Crippen molar-refractivity contribution in [1.29, 1.82) is 0 Å². The van der Waals surface area contributed by atoms with Crippen LogP contribution < -0.4 is 10.6 Å². The molecule has 100 valence electrons. The molecule has 0 atom stereocenters. The summed E-state index contributed by atoms with van der Waals surface area (Å²) in [5.41, 5.74) is 0. The Balaban J connectivity index is 3.19. The fourth-order valence-corrected chi connectivity index (χ4v) is 1.22. The number of nitrogens with one attached hydrogen (secondary N) is 2. The number of rotatable bonds is 10. The van der Waals surface area contributed by atoms with Crippen molar-refractivity contribution in [3.8, 4) is 0 Å². The zero-order valence-corrected chi connectivity index (χ0v) is 10.3. The molecule has 17 heavy (non-hydrogen) atoms. The van der Waals surface area contributed by atoms with Gasteiger partial charge in [-0.15, -0.1) is 0 Å². The highest BCUT2D eigenvalue weighted by Gasteiger charge is 1.99. The van der Waals surface area contributed by atoms with E-state index in [1.807, 2.05) is 6.92 Å². The van der Waals surface area contributed by atoms with E-state index in [1.54, 1.807) is 0 Å². The van der Waals surface area contributed by atoms with Crippen molar-refractivity contribution in [3.63, 3.8) is 0 Å². The summed E-state index contributed by atoms with van der Waals surface area (Å²) in [6.07, 6.45) is 2.46. The van der Waals surface area contributed by atoms with Gasteiger partial charge in [-0.3, -0.25) is 4.79 Å². The van der Waals surface area contributed by atoms with E-state index in [0.717, 1.165) is 12.8 Å². The van der Waals surface area contributed by atoms with E-state index in [2.05, 4.69) is 10.6 Å². The van der Waals surface area contributed by atoms with Gasteiger partial charge in [-0.25, -0.2) is 4.79 Å². The molecule has 0 aliphatic rings. The molecule has 0 radical (unpaired) electrons. The molecule has 0 aromatic carbocycles. The molecule has 0 heterocycles. The lowest BCUT2D eigenvalue weighted by molar-refractivity contribution is -0.137. The standard InChI is InChI=1S/C11H22N2O4/c1-2-17-9-8-13-11(16)12-7-5-3-4-6-10(14)15/h2-9H2,1H3,(H,14,15)(H2,12,13,16). The van der Waals surface area contributed by atoms with Crippen molar-refractivity contribution in [1.82, 2.24) is 10.6 Å². The Morgan fingerprint density at radius 3 is 2.47 bits per heavy atom. The molecular formula is C11H22N2O4. The van der Waals surface area contributed by atoms with Gasteiger partial charge in [0.2, 0.25) is 0 Å². The summed E-state index contributed by atoms with van der Waals surface area (Å²) < 4.78 is 5.07. The zero-order chi connectivity index (χ0) is 12.9. The van der Waals surface area contributed by atoms with Crippen LogP contribution in [-0.2, 0) is 9.53 Å². The molecule has 0 fully saturated rings. The maximum Gasteiger partial charge on any atom is 0.314 e. The number of hydrogen-bond donors (Lipinski definition) is 3. The fourth-order valence-electron chi connectivity index (χ4n) is 1.22. The molecule has 6 nitrogen and oxygen atoms in total. The van der Waals surface area contributed by atoms with E-state index in [9.17, 15) is 9.59 Å². The van der Waals surface area contributed by atoms with Gasteiger partial charge in [0.05, 0.1) is 6.61 Å². The monoisotopic (exact) mass is 246 g/mol. The number of hydrogen-bond acceptors (Lipinski definition) is 3. The highest BCUT2D eigenvalue weighted by Crippen LogP contribution is 1.98. The van der Waals surface area contributed by atoms with Gasteiger partial charge >= 0.3 is 12.0 Å². The normalized spacial score (nSPS) is 9.94. The summed E-state index contributed by atoms with van der Waals surface area (Å²) in [5, 5.41) is 13.8. The lowest BCUT2D eigenvalue weighted by atomic mass is 10.2. The van der Waals surface area contributed by atoms with Crippen molar-refractivity contribution in [3.05, 3.63) is 0 Å². The number of urea groups is 1. The molecule has 0 aliphatic heterocycles. The maximum absolute atomic E-state index is 11.2. The molecule has 0 unspecified atom stereocenters. The predicted molar refractivity (Wildman–Crippen MR) is 64.0 cm³/mol. The van der Waals surface area contributed by atoms with Crippen molar-refractivity contribution >= 4 is 12.0 Å². The van der Waals surface area contributed by atoms with Gasteiger partial charge in [-0.1, -0.05) is 6.42 Å². The van der Waals surface area contributed by atoms with Crippen LogP contribution in [0.5, 0.6) is 0 Å². The molecule has 0 aromatic rings. The highest BCUT2D eigenvalue weighted by atomic mass is 16.5. The second kappa shape index (κ2) is 11.2. The minimum absolute atomic E-state index is 0.195. The topological polar surface area (TPSA) is 87.7 Å². The number of carboxylic acid groups (broad SMARTS) is 1. The molecule has 0 saturated heterocycles. The smallest absolute Gasteiger partial charge is 0.314 e. The van der Waals surface area contributed by atoms with Crippen LogP contribution in [0.4, 0.5) is 4.79 Å². The molecule has 0 rings (SSSR count). The predicted octanol–water partition coefficient (Wildman–Crippen LogP) is 0.967. The molecule has 0 bridgehead atoms. The summed E-state index contributed by atoms with van der Waals surface area (Å²) in [6, 6.07) is -0.206. The van der Waals surface area contributed by atoms with Crippen LogP contribution in [0.15, 0.2) is 0 Å². The quantitative estimate of drug-likeness (QED) is 0.501. The zero-order valence-electron chi connectivity index (χ0n) is 10.3. The first-order valence-corrected chi connectivity index (χ1v) is 5.98. The Bertz CT molecular complexity index is 222.